The van der Waals surface area contributed by atoms with Crippen LogP contribution in [0.1, 0.15) is 145 Å². The SMILES string of the molecule is Cc1cc2c(cc1N1c3ccc4ccccc4c3B3c4c(cc5c(sc6ccccc65)c41)-c1cc(C45CCC6CC(CC6C4)C5)cc4c5cc(C67CC8CC(CC(C8)C6)C7)ccc5n3c14)C(C)(C)CCC2(C)C. The normalized spacial score (nSPS) is 30.3. The summed E-state index contributed by atoms with van der Waals surface area (Å²) in [6, 6.07) is 45.5. The fourth-order valence-electron chi connectivity index (χ4n) is 20.1. The Balaban J connectivity index is 0.994. The molecule has 0 amide bonds. The molecule has 73 heavy (non-hydrogen) atoms. The molecule has 4 heteroatoms. The molecule has 7 bridgehead atoms. The van der Waals surface area contributed by atoms with Crippen LogP contribution >= 0.6 is 11.3 Å². The van der Waals surface area contributed by atoms with E-state index < -0.39 is 0 Å². The predicted octanol–water partition coefficient (Wildman–Crippen LogP) is 17.3. The van der Waals surface area contributed by atoms with E-state index in [1.54, 1.807) is 16.7 Å². The molecule has 7 aromatic carbocycles. The van der Waals surface area contributed by atoms with Crippen molar-refractivity contribution in [1.82, 2.24) is 4.48 Å². The Bertz CT molecular complexity index is 3950. The smallest absolute Gasteiger partial charge is 0.333 e. The zero-order valence-electron chi connectivity index (χ0n) is 43.6. The summed E-state index contributed by atoms with van der Waals surface area (Å²) < 4.78 is 5.75. The van der Waals surface area contributed by atoms with E-state index in [1.165, 1.54) is 193 Å². The number of anilines is 3. The highest BCUT2D eigenvalue weighted by Gasteiger charge is 2.55. The summed E-state index contributed by atoms with van der Waals surface area (Å²) in [5, 5.41) is 8.59. The quantitative estimate of drug-likeness (QED) is 0.160. The molecule has 2 nitrogen and oxygen atoms in total. The second-order valence-electron chi connectivity index (χ2n) is 27.9. The second-order valence-corrected chi connectivity index (χ2v) is 28.9. The van der Waals surface area contributed by atoms with E-state index in [4.69, 9.17) is 0 Å². The lowest BCUT2D eigenvalue weighted by Crippen LogP contribution is -2.57. The van der Waals surface area contributed by atoms with Crippen LogP contribution in [0, 0.1) is 42.4 Å². The summed E-state index contributed by atoms with van der Waals surface area (Å²) in [4.78, 5) is 2.82. The van der Waals surface area contributed by atoms with E-state index in [0.717, 1.165) is 35.5 Å². The van der Waals surface area contributed by atoms with Crippen molar-refractivity contribution in [2.75, 3.05) is 4.90 Å². The lowest BCUT2D eigenvalue weighted by Gasteiger charge is -2.57. The molecule has 9 aromatic rings. The van der Waals surface area contributed by atoms with Gasteiger partial charge in [-0.1, -0.05) is 88.4 Å². The molecule has 8 aliphatic carbocycles. The molecule has 19 rings (SSSR count). The molecule has 4 unspecified atom stereocenters. The fourth-order valence-corrected chi connectivity index (χ4v) is 21.3. The van der Waals surface area contributed by atoms with E-state index >= 15 is 0 Å². The van der Waals surface area contributed by atoms with Crippen molar-refractivity contribution in [3.8, 4) is 11.1 Å². The van der Waals surface area contributed by atoms with Gasteiger partial charge in [0.05, 0.1) is 10.4 Å². The molecule has 4 heterocycles. The van der Waals surface area contributed by atoms with E-state index in [-0.39, 0.29) is 23.1 Å². The maximum absolute atomic E-state index is 2.94. The number of hydrogen-bond acceptors (Lipinski definition) is 2. The van der Waals surface area contributed by atoms with Gasteiger partial charge in [0, 0.05) is 54.2 Å². The van der Waals surface area contributed by atoms with Crippen LogP contribution in [0.5, 0.6) is 0 Å². The third-order valence-corrected chi connectivity index (χ3v) is 24.2. The van der Waals surface area contributed by atoms with Crippen molar-refractivity contribution >= 4 is 98.9 Å². The Labute approximate surface area is 435 Å². The third-order valence-electron chi connectivity index (χ3n) is 23.0. The Morgan fingerprint density at radius 2 is 1.23 bits per heavy atom. The number of aryl methyl sites for hydroxylation is 1. The maximum atomic E-state index is 2.94. The summed E-state index contributed by atoms with van der Waals surface area (Å²) >= 11 is 2.03. The van der Waals surface area contributed by atoms with Crippen molar-refractivity contribution < 1.29 is 0 Å². The van der Waals surface area contributed by atoms with Gasteiger partial charge in [0.2, 0.25) is 0 Å². The van der Waals surface area contributed by atoms with Crippen LogP contribution in [0.15, 0.2) is 109 Å². The van der Waals surface area contributed by atoms with Crippen LogP contribution in [-0.4, -0.2) is 11.3 Å². The highest BCUT2D eigenvalue weighted by atomic mass is 32.1. The maximum Gasteiger partial charge on any atom is 0.333 e. The Kier molecular flexibility index (Phi) is 7.90. The zero-order valence-corrected chi connectivity index (χ0v) is 44.5. The number of nitrogens with zero attached hydrogens (tertiary/aromatic N) is 2. The van der Waals surface area contributed by atoms with Crippen LogP contribution in [0.2, 0.25) is 0 Å². The molecule has 0 N–H and O–H groups in total. The average Bonchev–Trinajstić information content (AvgIpc) is 3.99. The lowest BCUT2D eigenvalue weighted by atomic mass is 9.44. The third kappa shape index (κ3) is 5.34. The van der Waals surface area contributed by atoms with Crippen molar-refractivity contribution in [3.63, 3.8) is 0 Å². The lowest BCUT2D eigenvalue weighted by molar-refractivity contribution is -0.00512. The fraction of sp³-hybridized carbons (Fsp3) is 0.420. The summed E-state index contributed by atoms with van der Waals surface area (Å²) in [5.41, 5.74) is 21.6. The molecular formula is C69H67BN2S. The number of thiophene rings is 1. The van der Waals surface area contributed by atoms with Crippen LogP contribution < -0.4 is 15.8 Å². The number of fused-ring (bicyclic) bond motifs is 16. The van der Waals surface area contributed by atoms with Gasteiger partial charge in [0.15, 0.2) is 0 Å². The standard InChI is InChI=1S/C69H67BN2S/c1-38-22-55-56(67(4,5)21-20-66(55,2)3)32-59(38)71-58-16-14-43-10-6-7-11-48(43)61(58)70-62-51(31-54-49-12-8-9-13-60(49)73-65(54)64(62)71)53-30-47(68-19-18-44-26-42(33-68)27-45(44)37-68)29-52-50-28-46(15-17-57(50)72(70)63(52)53)69-34-39-23-40(35-69)25-41(24-39)36-69/h6-17,22,28-32,39-42,44-45H,18-21,23-27,33-37H2,1-5H3. The Hall–Kier alpha value is -5.32. The van der Waals surface area contributed by atoms with Crippen molar-refractivity contribution in [1.29, 1.82) is 0 Å². The summed E-state index contributed by atoms with van der Waals surface area (Å²) in [6.07, 6.45) is 19.6. The summed E-state index contributed by atoms with van der Waals surface area (Å²) in [5.74, 6) is 5.51. The largest absolute Gasteiger partial charge is 0.375 e. The first-order chi connectivity index (χ1) is 35.4. The van der Waals surface area contributed by atoms with Crippen molar-refractivity contribution in [2.45, 2.75) is 146 Å². The molecule has 10 aliphatic rings. The highest BCUT2D eigenvalue weighted by molar-refractivity contribution is 7.26. The first-order valence-corrected chi connectivity index (χ1v) is 29.8. The van der Waals surface area contributed by atoms with Gasteiger partial charge >= 0.3 is 6.85 Å². The zero-order chi connectivity index (χ0) is 48.2. The number of aromatic nitrogens is 1. The van der Waals surface area contributed by atoms with E-state index in [9.17, 15) is 0 Å². The molecule has 0 saturated heterocycles. The monoisotopic (exact) mass is 967 g/mol. The van der Waals surface area contributed by atoms with Crippen molar-refractivity contribution in [2.24, 2.45) is 35.5 Å². The highest BCUT2D eigenvalue weighted by Crippen LogP contribution is 2.64. The molecule has 4 atom stereocenters. The first kappa shape index (κ1) is 42.0. The van der Waals surface area contributed by atoms with Crippen LogP contribution in [0.3, 0.4) is 0 Å². The Morgan fingerprint density at radius 3 is 2.04 bits per heavy atom. The molecule has 2 aliphatic heterocycles. The van der Waals surface area contributed by atoms with E-state index in [2.05, 4.69) is 153 Å². The molecular weight excluding hydrogens is 900 g/mol. The summed E-state index contributed by atoms with van der Waals surface area (Å²) in [6.45, 7) is 12.4. The Morgan fingerprint density at radius 1 is 0.534 bits per heavy atom. The van der Waals surface area contributed by atoms with Crippen LogP contribution in [-0.2, 0) is 21.7 Å². The average molecular weight is 967 g/mol. The van der Waals surface area contributed by atoms with Gasteiger partial charge < -0.3 is 9.38 Å². The van der Waals surface area contributed by atoms with Gasteiger partial charge in [-0.2, -0.15) is 0 Å². The van der Waals surface area contributed by atoms with Gasteiger partial charge in [-0.15, -0.1) is 11.3 Å². The molecule has 0 radical (unpaired) electrons. The minimum atomic E-state index is 0.00754. The van der Waals surface area contributed by atoms with Gasteiger partial charge in [-0.3, -0.25) is 0 Å². The minimum Gasteiger partial charge on any atom is -0.375 e. The van der Waals surface area contributed by atoms with Gasteiger partial charge in [-0.25, -0.2) is 0 Å². The number of hydrogen-bond donors (Lipinski definition) is 0. The minimum absolute atomic E-state index is 0.00754. The van der Waals surface area contributed by atoms with Gasteiger partial charge in [0.25, 0.3) is 0 Å². The predicted molar refractivity (Wildman–Crippen MR) is 310 cm³/mol. The molecule has 0 spiro atoms. The molecule has 7 fully saturated rings. The first-order valence-electron chi connectivity index (χ1n) is 29.0. The van der Waals surface area contributed by atoms with E-state index in [1.807, 2.05) is 11.3 Å². The molecule has 7 saturated carbocycles. The second kappa shape index (κ2) is 13.7. The van der Waals surface area contributed by atoms with Gasteiger partial charge in [0.1, 0.15) is 0 Å². The summed E-state index contributed by atoms with van der Waals surface area (Å²) in [7, 11) is 0. The number of rotatable bonds is 3. The van der Waals surface area contributed by atoms with Crippen molar-refractivity contribution in [3.05, 3.63) is 137 Å². The topological polar surface area (TPSA) is 8.17 Å². The number of benzene rings is 7. The van der Waals surface area contributed by atoms with E-state index in [0.29, 0.717) is 5.41 Å². The van der Waals surface area contributed by atoms with Gasteiger partial charge in [-0.05, 0) is 258 Å². The van der Waals surface area contributed by atoms with Crippen LogP contribution in [0.4, 0.5) is 17.1 Å². The molecule has 362 valence electrons. The van der Waals surface area contributed by atoms with Crippen LogP contribution in [0.25, 0.3) is 63.9 Å². The molecule has 2 aromatic heterocycles.